The van der Waals surface area contributed by atoms with Crippen LogP contribution in [-0.2, 0) is 13.0 Å². The molecule has 142 valence electrons. The van der Waals surface area contributed by atoms with E-state index < -0.39 is 0 Å². The SMILES string of the molecule is CC(C)C(CNC(=O)c1n[nH]c2c1CNCC2)N1CCN(C)CC1.Cl. The van der Waals surface area contributed by atoms with Gasteiger partial charge in [0, 0.05) is 69.5 Å². The average Bonchev–Trinajstić information content (AvgIpc) is 3.00. The van der Waals surface area contributed by atoms with Crippen molar-refractivity contribution >= 4 is 18.3 Å². The molecule has 0 aromatic carbocycles. The van der Waals surface area contributed by atoms with Crippen molar-refractivity contribution in [2.24, 2.45) is 5.92 Å². The monoisotopic (exact) mass is 370 g/mol. The van der Waals surface area contributed by atoms with Crippen molar-refractivity contribution in [1.82, 2.24) is 30.6 Å². The summed E-state index contributed by atoms with van der Waals surface area (Å²) in [5, 5.41) is 13.7. The van der Waals surface area contributed by atoms with E-state index >= 15 is 0 Å². The largest absolute Gasteiger partial charge is 0.349 e. The maximum atomic E-state index is 12.6. The summed E-state index contributed by atoms with van der Waals surface area (Å²) in [4.78, 5) is 17.5. The lowest BCUT2D eigenvalue weighted by Gasteiger charge is -2.39. The first-order valence-corrected chi connectivity index (χ1v) is 9.04. The van der Waals surface area contributed by atoms with Crippen LogP contribution in [0.1, 0.15) is 35.6 Å². The van der Waals surface area contributed by atoms with Gasteiger partial charge >= 0.3 is 0 Å². The highest BCUT2D eigenvalue weighted by Gasteiger charge is 2.27. The molecule has 0 bridgehead atoms. The predicted molar refractivity (Wildman–Crippen MR) is 101 cm³/mol. The Kier molecular flexibility index (Phi) is 7.25. The molecule has 0 radical (unpaired) electrons. The van der Waals surface area contributed by atoms with E-state index in [1.54, 1.807) is 0 Å². The number of aromatic amines is 1. The highest BCUT2D eigenvalue weighted by Crippen LogP contribution is 2.16. The zero-order valence-electron chi connectivity index (χ0n) is 15.5. The zero-order valence-corrected chi connectivity index (χ0v) is 16.3. The van der Waals surface area contributed by atoms with Gasteiger partial charge in [-0.05, 0) is 13.0 Å². The summed E-state index contributed by atoms with van der Waals surface area (Å²) >= 11 is 0. The fourth-order valence-electron chi connectivity index (χ4n) is 3.63. The van der Waals surface area contributed by atoms with Crippen LogP contribution < -0.4 is 10.6 Å². The van der Waals surface area contributed by atoms with Gasteiger partial charge in [0.25, 0.3) is 5.91 Å². The lowest BCUT2D eigenvalue weighted by molar-refractivity contribution is 0.0788. The molecule has 0 aliphatic carbocycles. The molecule has 2 aliphatic rings. The van der Waals surface area contributed by atoms with Crippen LogP contribution in [0.4, 0.5) is 0 Å². The molecule has 3 N–H and O–H groups in total. The molecule has 3 heterocycles. The van der Waals surface area contributed by atoms with Gasteiger partial charge in [0.05, 0.1) is 0 Å². The fourth-order valence-corrected chi connectivity index (χ4v) is 3.63. The standard InChI is InChI=1S/C17H30N6O.ClH/c1-12(2)15(23-8-6-22(3)7-9-23)11-19-17(24)16-13-10-18-5-4-14(13)20-21-16;/h12,15,18H,4-11H2,1-3H3,(H,19,24)(H,20,21);1H. The molecule has 2 aliphatic heterocycles. The minimum absolute atomic E-state index is 0. The van der Waals surface area contributed by atoms with Gasteiger partial charge in [0.2, 0.25) is 0 Å². The summed E-state index contributed by atoms with van der Waals surface area (Å²) in [6.07, 6.45) is 0.908. The number of hydrogen-bond donors (Lipinski definition) is 3. The number of carbonyl (C=O) groups is 1. The summed E-state index contributed by atoms with van der Waals surface area (Å²) in [6.45, 7) is 11.1. The van der Waals surface area contributed by atoms with Crippen molar-refractivity contribution < 1.29 is 4.79 Å². The Labute approximate surface area is 156 Å². The van der Waals surface area contributed by atoms with Crippen molar-refractivity contribution in [3.05, 3.63) is 17.0 Å². The van der Waals surface area contributed by atoms with Crippen molar-refractivity contribution in [2.75, 3.05) is 46.3 Å². The summed E-state index contributed by atoms with van der Waals surface area (Å²) in [6, 6.07) is 0.371. The van der Waals surface area contributed by atoms with Crippen LogP contribution in [0.2, 0.25) is 0 Å². The number of carbonyl (C=O) groups excluding carboxylic acids is 1. The van der Waals surface area contributed by atoms with Crippen LogP contribution in [0.3, 0.4) is 0 Å². The van der Waals surface area contributed by atoms with Crippen molar-refractivity contribution in [1.29, 1.82) is 0 Å². The van der Waals surface area contributed by atoms with Crippen LogP contribution in [0, 0.1) is 5.92 Å². The molecule has 3 rings (SSSR count). The first-order valence-electron chi connectivity index (χ1n) is 9.04. The summed E-state index contributed by atoms with van der Waals surface area (Å²) in [5.74, 6) is 0.444. The van der Waals surface area contributed by atoms with E-state index in [9.17, 15) is 4.79 Å². The van der Waals surface area contributed by atoms with Gasteiger partial charge < -0.3 is 15.5 Å². The van der Waals surface area contributed by atoms with E-state index in [0.29, 0.717) is 24.2 Å². The highest BCUT2D eigenvalue weighted by atomic mass is 35.5. The Balaban J connectivity index is 0.00000225. The summed E-state index contributed by atoms with van der Waals surface area (Å²) < 4.78 is 0. The number of H-pyrrole nitrogens is 1. The Morgan fingerprint density at radius 3 is 2.68 bits per heavy atom. The number of rotatable bonds is 5. The smallest absolute Gasteiger partial charge is 0.272 e. The molecular formula is C17H31ClN6O. The second kappa shape index (κ2) is 8.98. The molecule has 1 fully saturated rings. The van der Waals surface area contributed by atoms with Crippen LogP contribution in [0.5, 0.6) is 0 Å². The first kappa shape index (κ1) is 20.2. The number of hydrogen-bond acceptors (Lipinski definition) is 5. The van der Waals surface area contributed by atoms with Crippen LogP contribution >= 0.6 is 12.4 Å². The predicted octanol–water partition coefficient (Wildman–Crippen LogP) is 0.479. The number of halogens is 1. The molecule has 1 amide bonds. The molecule has 1 unspecified atom stereocenters. The molecule has 0 spiro atoms. The number of fused-ring (bicyclic) bond motifs is 1. The molecule has 1 atom stereocenters. The van der Waals surface area contributed by atoms with E-state index in [-0.39, 0.29) is 18.3 Å². The van der Waals surface area contributed by atoms with Gasteiger partial charge in [-0.2, -0.15) is 5.10 Å². The van der Waals surface area contributed by atoms with Gasteiger partial charge in [-0.15, -0.1) is 12.4 Å². The molecule has 7 nitrogen and oxygen atoms in total. The molecule has 25 heavy (non-hydrogen) atoms. The normalized spacial score (nSPS) is 20.0. The average molecular weight is 371 g/mol. The minimum atomic E-state index is -0.0593. The Morgan fingerprint density at radius 1 is 1.28 bits per heavy atom. The molecule has 8 heteroatoms. The van der Waals surface area contributed by atoms with Crippen molar-refractivity contribution in [3.63, 3.8) is 0 Å². The maximum absolute atomic E-state index is 12.6. The quantitative estimate of drug-likeness (QED) is 0.702. The number of nitrogens with zero attached hydrogens (tertiary/aromatic N) is 3. The lowest BCUT2D eigenvalue weighted by atomic mass is 10.0. The van der Waals surface area contributed by atoms with Gasteiger partial charge in [-0.1, -0.05) is 13.8 Å². The van der Waals surface area contributed by atoms with Gasteiger partial charge in [-0.3, -0.25) is 14.8 Å². The second-order valence-corrected chi connectivity index (χ2v) is 7.32. The Bertz CT molecular complexity index is 567. The van der Waals surface area contributed by atoms with E-state index in [2.05, 4.69) is 51.5 Å². The third-order valence-electron chi connectivity index (χ3n) is 5.27. The Morgan fingerprint density at radius 2 is 2.00 bits per heavy atom. The van der Waals surface area contributed by atoms with E-state index in [1.807, 2.05) is 0 Å². The number of aromatic nitrogens is 2. The second-order valence-electron chi connectivity index (χ2n) is 7.32. The molecule has 1 saturated heterocycles. The molecule has 1 aromatic heterocycles. The van der Waals surface area contributed by atoms with Crippen LogP contribution in [0.15, 0.2) is 0 Å². The lowest BCUT2D eigenvalue weighted by Crippen LogP contribution is -2.54. The van der Waals surface area contributed by atoms with Gasteiger partial charge in [0.1, 0.15) is 0 Å². The third kappa shape index (κ3) is 4.73. The molecule has 1 aromatic rings. The number of amides is 1. The highest BCUT2D eigenvalue weighted by molar-refractivity contribution is 5.94. The van der Waals surface area contributed by atoms with E-state index in [0.717, 1.165) is 56.9 Å². The van der Waals surface area contributed by atoms with Crippen LogP contribution in [0.25, 0.3) is 0 Å². The van der Waals surface area contributed by atoms with Gasteiger partial charge in [0.15, 0.2) is 5.69 Å². The number of likely N-dealkylation sites (N-methyl/N-ethyl adjacent to an activating group) is 1. The number of piperazine rings is 1. The maximum Gasteiger partial charge on any atom is 0.272 e. The summed E-state index contributed by atoms with van der Waals surface area (Å²) in [5.41, 5.74) is 2.68. The van der Waals surface area contributed by atoms with E-state index in [1.165, 1.54) is 0 Å². The van der Waals surface area contributed by atoms with Gasteiger partial charge in [-0.25, -0.2) is 0 Å². The fraction of sp³-hybridized carbons (Fsp3) is 0.765. The minimum Gasteiger partial charge on any atom is -0.349 e. The van der Waals surface area contributed by atoms with E-state index in [4.69, 9.17) is 0 Å². The van der Waals surface area contributed by atoms with Crippen molar-refractivity contribution in [2.45, 2.75) is 32.9 Å². The zero-order chi connectivity index (χ0) is 17.1. The molecule has 0 saturated carbocycles. The first-order chi connectivity index (χ1) is 11.6. The number of nitrogens with one attached hydrogen (secondary N) is 3. The molecular weight excluding hydrogens is 340 g/mol. The Hall–Kier alpha value is -1.15. The van der Waals surface area contributed by atoms with Crippen LogP contribution in [-0.4, -0.2) is 78.3 Å². The van der Waals surface area contributed by atoms with Crippen molar-refractivity contribution in [3.8, 4) is 0 Å². The summed E-state index contributed by atoms with van der Waals surface area (Å²) in [7, 11) is 2.16. The topological polar surface area (TPSA) is 76.3 Å². The third-order valence-corrected chi connectivity index (χ3v) is 5.27.